The molecule has 0 bridgehead atoms. The Balaban J connectivity index is 2.30. The van der Waals surface area contributed by atoms with Gasteiger partial charge in [-0.15, -0.1) is 5.10 Å². The number of halogens is 1. The first-order valence-corrected chi connectivity index (χ1v) is 6.52. The third kappa shape index (κ3) is 3.59. The van der Waals surface area contributed by atoms with Gasteiger partial charge >= 0.3 is 5.97 Å². The van der Waals surface area contributed by atoms with Crippen molar-refractivity contribution < 1.29 is 9.90 Å². The number of aromatic nitrogens is 3. The van der Waals surface area contributed by atoms with Crippen molar-refractivity contribution in [3.63, 3.8) is 0 Å². The maximum atomic E-state index is 11.2. The minimum Gasteiger partial charge on any atom is -0.477 e. The second-order valence-electron chi connectivity index (χ2n) is 3.64. The number of rotatable bonds is 4. The van der Waals surface area contributed by atoms with E-state index in [1.165, 1.54) is 6.08 Å². The zero-order valence-electron chi connectivity index (χ0n) is 9.92. The summed E-state index contributed by atoms with van der Waals surface area (Å²) >= 11 is 6.97. The molecule has 1 aromatic carbocycles. The number of benzene rings is 1. The van der Waals surface area contributed by atoms with Gasteiger partial charge in [0.05, 0.1) is 0 Å². The fourth-order valence-corrected chi connectivity index (χ4v) is 2.27. The zero-order valence-corrected chi connectivity index (χ0v) is 11.5. The van der Waals surface area contributed by atoms with Crippen molar-refractivity contribution in [3.05, 3.63) is 45.6 Å². The second kappa shape index (κ2) is 5.90. The van der Waals surface area contributed by atoms with E-state index in [0.717, 1.165) is 11.8 Å². The lowest BCUT2D eigenvalue weighted by atomic mass is 10.2. The molecule has 0 amide bonds. The van der Waals surface area contributed by atoms with Gasteiger partial charge in [-0.25, -0.2) is 9.78 Å². The van der Waals surface area contributed by atoms with Gasteiger partial charge < -0.3 is 5.11 Å². The predicted molar refractivity (Wildman–Crippen MR) is 74.0 cm³/mol. The molecule has 98 valence electrons. The topological polar surface area (TPSA) is 78.9 Å². The summed E-state index contributed by atoms with van der Waals surface area (Å²) in [5.74, 6) is -0.419. The minimum atomic E-state index is -1.05. The Kier molecular flexibility index (Phi) is 4.24. The highest BCUT2D eigenvalue weighted by Gasteiger charge is 2.13. The molecule has 0 aliphatic rings. The number of carboxylic acid groups (broad SMARTS) is 1. The lowest BCUT2D eigenvalue weighted by Gasteiger charge is -2.01. The van der Waals surface area contributed by atoms with Crippen LogP contribution in [0.4, 0.5) is 0 Å². The van der Waals surface area contributed by atoms with Crippen molar-refractivity contribution in [2.75, 3.05) is 0 Å². The maximum Gasteiger partial charge on any atom is 0.342 e. The van der Waals surface area contributed by atoms with E-state index in [1.54, 1.807) is 31.2 Å². The van der Waals surface area contributed by atoms with Crippen LogP contribution >= 0.6 is 23.4 Å². The Morgan fingerprint density at radius 1 is 1.47 bits per heavy atom. The molecule has 5 nitrogen and oxygen atoms in total. The molecular weight excluding hydrogens is 286 g/mol. The highest BCUT2D eigenvalue weighted by atomic mass is 35.5. The fraction of sp³-hybridized carbons (Fsp3) is 0.0833. The number of nitrogens with one attached hydrogen (secondary N) is 1. The molecular formula is C12H10ClN3O2S. The smallest absolute Gasteiger partial charge is 0.342 e. The van der Waals surface area contributed by atoms with Crippen molar-refractivity contribution in [2.24, 2.45) is 0 Å². The van der Waals surface area contributed by atoms with Crippen LogP contribution in [0.5, 0.6) is 0 Å². The zero-order chi connectivity index (χ0) is 13.8. The molecule has 0 saturated heterocycles. The first kappa shape index (κ1) is 13.6. The van der Waals surface area contributed by atoms with Gasteiger partial charge in [-0.05, 0) is 36.4 Å². The molecule has 0 saturated carbocycles. The van der Waals surface area contributed by atoms with Crippen LogP contribution in [-0.4, -0.2) is 26.3 Å². The highest BCUT2D eigenvalue weighted by Crippen LogP contribution is 2.27. The van der Waals surface area contributed by atoms with Crippen LogP contribution in [0.2, 0.25) is 5.02 Å². The van der Waals surface area contributed by atoms with Gasteiger partial charge in [-0.1, -0.05) is 29.8 Å². The number of nitrogens with zero attached hydrogens (tertiary/aromatic N) is 2. The van der Waals surface area contributed by atoms with Crippen LogP contribution in [0.3, 0.4) is 0 Å². The van der Waals surface area contributed by atoms with E-state index in [1.807, 2.05) is 0 Å². The number of thioether (sulfide) groups is 1. The molecule has 7 heteroatoms. The molecule has 0 radical (unpaired) electrons. The molecule has 0 spiro atoms. The SMILES string of the molecule is Cc1nc(S/C(=C\c2ccccc2Cl)C(=O)O)n[nH]1. The second-order valence-corrected chi connectivity index (χ2v) is 5.06. The van der Waals surface area contributed by atoms with E-state index in [-0.39, 0.29) is 4.91 Å². The molecule has 0 atom stereocenters. The molecule has 2 rings (SSSR count). The Bertz CT molecular complexity index is 639. The molecule has 19 heavy (non-hydrogen) atoms. The summed E-state index contributed by atoms with van der Waals surface area (Å²) in [6.07, 6.45) is 1.50. The minimum absolute atomic E-state index is 0.104. The standard InChI is InChI=1S/C12H10ClN3O2S/c1-7-14-12(16-15-7)19-10(11(17)18)6-8-4-2-3-5-9(8)13/h2-6H,1H3,(H,17,18)(H,14,15,16)/b10-6-. The third-order valence-electron chi connectivity index (χ3n) is 2.18. The molecule has 0 unspecified atom stereocenters. The Labute approximate surface area is 118 Å². The van der Waals surface area contributed by atoms with E-state index in [0.29, 0.717) is 21.6 Å². The van der Waals surface area contributed by atoms with Crippen molar-refractivity contribution in [1.29, 1.82) is 0 Å². The van der Waals surface area contributed by atoms with Crippen molar-refractivity contribution in [1.82, 2.24) is 15.2 Å². The molecule has 0 fully saturated rings. The number of carbonyl (C=O) groups is 1. The Morgan fingerprint density at radius 2 is 2.21 bits per heavy atom. The van der Waals surface area contributed by atoms with E-state index >= 15 is 0 Å². The number of hydrogen-bond donors (Lipinski definition) is 2. The number of aromatic amines is 1. The third-order valence-corrected chi connectivity index (χ3v) is 3.40. The van der Waals surface area contributed by atoms with Gasteiger partial charge in [0.15, 0.2) is 0 Å². The van der Waals surface area contributed by atoms with Crippen molar-refractivity contribution in [3.8, 4) is 0 Å². The summed E-state index contributed by atoms with van der Waals surface area (Å²) in [6, 6.07) is 7.02. The van der Waals surface area contributed by atoms with Crippen LogP contribution in [0.1, 0.15) is 11.4 Å². The van der Waals surface area contributed by atoms with Gasteiger partial charge in [0.2, 0.25) is 5.16 Å². The largest absolute Gasteiger partial charge is 0.477 e. The number of aryl methyl sites for hydroxylation is 1. The van der Waals surface area contributed by atoms with Crippen molar-refractivity contribution >= 4 is 35.4 Å². The number of hydrogen-bond acceptors (Lipinski definition) is 4. The molecule has 1 aromatic heterocycles. The summed E-state index contributed by atoms with van der Waals surface area (Å²) < 4.78 is 0. The number of carboxylic acids is 1. The highest BCUT2D eigenvalue weighted by molar-refractivity contribution is 8.04. The Morgan fingerprint density at radius 3 is 2.79 bits per heavy atom. The van der Waals surface area contributed by atoms with E-state index in [4.69, 9.17) is 11.6 Å². The first-order chi connectivity index (χ1) is 9.06. The fourth-order valence-electron chi connectivity index (χ4n) is 1.33. The van der Waals surface area contributed by atoms with E-state index < -0.39 is 5.97 Å². The molecule has 2 aromatic rings. The van der Waals surface area contributed by atoms with Crippen LogP contribution in [-0.2, 0) is 4.79 Å². The summed E-state index contributed by atoms with van der Waals surface area (Å²) in [5, 5.41) is 16.6. The average Bonchev–Trinajstić information content (AvgIpc) is 2.76. The summed E-state index contributed by atoms with van der Waals surface area (Å²) in [5.41, 5.74) is 0.640. The van der Waals surface area contributed by atoms with Crippen LogP contribution in [0, 0.1) is 6.92 Å². The summed E-state index contributed by atoms with van der Waals surface area (Å²) in [6.45, 7) is 1.75. The van der Waals surface area contributed by atoms with Gasteiger partial charge in [0.1, 0.15) is 10.7 Å². The van der Waals surface area contributed by atoms with Gasteiger partial charge in [0, 0.05) is 5.02 Å². The predicted octanol–water partition coefficient (Wildman–Crippen LogP) is 2.98. The number of aliphatic carboxylic acids is 1. The van der Waals surface area contributed by atoms with Gasteiger partial charge in [-0.3, -0.25) is 5.10 Å². The maximum absolute atomic E-state index is 11.2. The van der Waals surface area contributed by atoms with Gasteiger partial charge in [-0.2, -0.15) is 0 Å². The van der Waals surface area contributed by atoms with Crippen LogP contribution in [0.15, 0.2) is 34.3 Å². The summed E-state index contributed by atoms with van der Waals surface area (Å²) in [7, 11) is 0. The normalized spacial score (nSPS) is 11.6. The first-order valence-electron chi connectivity index (χ1n) is 5.32. The van der Waals surface area contributed by atoms with Crippen LogP contribution < -0.4 is 0 Å². The lowest BCUT2D eigenvalue weighted by Crippen LogP contribution is -1.97. The molecule has 0 aliphatic carbocycles. The monoisotopic (exact) mass is 295 g/mol. The molecule has 1 heterocycles. The van der Waals surface area contributed by atoms with E-state index in [9.17, 15) is 9.90 Å². The Hall–Kier alpha value is -1.79. The van der Waals surface area contributed by atoms with E-state index in [2.05, 4.69) is 15.2 Å². The quantitative estimate of drug-likeness (QED) is 0.669. The summed E-state index contributed by atoms with van der Waals surface area (Å²) in [4.78, 5) is 15.4. The lowest BCUT2D eigenvalue weighted by molar-refractivity contribution is -0.131. The van der Waals surface area contributed by atoms with Crippen molar-refractivity contribution in [2.45, 2.75) is 12.1 Å². The van der Waals surface area contributed by atoms with Crippen LogP contribution in [0.25, 0.3) is 6.08 Å². The molecule has 0 aliphatic heterocycles. The average molecular weight is 296 g/mol. The molecule has 2 N–H and O–H groups in total. The number of H-pyrrole nitrogens is 1. The van der Waals surface area contributed by atoms with Gasteiger partial charge in [0.25, 0.3) is 0 Å².